The summed E-state index contributed by atoms with van der Waals surface area (Å²) in [6.45, 7) is 15.1. The number of benzene rings is 2. The predicted octanol–water partition coefficient (Wildman–Crippen LogP) is 6.82. The normalized spacial score (nSPS) is 22.1. The lowest BCUT2D eigenvalue weighted by molar-refractivity contribution is 0.184. The maximum atomic E-state index is 5.90. The van der Waals surface area contributed by atoms with Crippen LogP contribution in [-0.4, -0.2) is 38.6 Å². The van der Waals surface area contributed by atoms with Crippen LogP contribution in [0.3, 0.4) is 0 Å². The van der Waals surface area contributed by atoms with Gasteiger partial charge in [-0.2, -0.15) is 0 Å². The largest absolute Gasteiger partial charge is 0.495 e. The van der Waals surface area contributed by atoms with Gasteiger partial charge < -0.3 is 18.9 Å². The molecule has 2 saturated heterocycles. The highest BCUT2D eigenvalue weighted by atomic mass is 16.6. The van der Waals surface area contributed by atoms with Gasteiger partial charge in [-0.3, -0.25) is 0 Å². The van der Waals surface area contributed by atoms with E-state index in [-0.39, 0.29) is 12.2 Å². The average Bonchev–Trinajstić information content (AvgIpc) is 3.86. The van der Waals surface area contributed by atoms with Crippen LogP contribution < -0.4 is 0 Å². The van der Waals surface area contributed by atoms with Gasteiger partial charge in [0.15, 0.2) is 0 Å². The molecule has 2 fully saturated rings. The Bertz CT molecular complexity index is 1200. The van der Waals surface area contributed by atoms with Crippen LogP contribution in [0.5, 0.6) is 0 Å². The highest BCUT2D eigenvalue weighted by Gasteiger charge is 2.46. The van der Waals surface area contributed by atoms with Crippen molar-refractivity contribution in [2.45, 2.75) is 31.5 Å². The Hall–Kier alpha value is -3.60. The number of fused-ring (bicyclic) bond motifs is 3. The Morgan fingerprint density at radius 2 is 1.16 bits per heavy atom. The van der Waals surface area contributed by atoms with E-state index in [1.807, 2.05) is 38.2 Å². The van der Waals surface area contributed by atoms with Crippen molar-refractivity contribution in [2.75, 3.05) is 26.4 Å². The lowest BCUT2D eigenvalue weighted by Crippen LogP contribution is -2.29. The third kappa shape index (κ3) is 5.13. The van der Waals surface area contributed by atoms with Crippen molar-refractivity contribution < 1.29 is 18.9 Å². The maximum Gasteiger partial charge on any atom is 0.116 e. The topological polar surface area (TPSA) is 43.5 Å². The number of hydrogen-bond donors (Lipinski definition) is 0. The summed E-state index contributed by atoms with van der Waals surface area (Å²) in [6.07, 6.45) is 12.6. The predicted molar refractivity (Wildman–Crippen MR) is 148 cm³/mol. The van der Waals surface area contributed by atoms with Crippen LogP contribution in [0.1, 0.15) is 25.0 Å². The molecule has 0 spiro atoms. The second kappa shape index (κ2) is 10.8. The van der Waals surface area contributed by atoms with Crippen molar-refractivity contribution in [2.24, 2.45) is 0 Å². The number of rotatable bonds is 12. The molecule has 3 aliphatic rings. The minimum Gasteiger partial charge on any atom is -0.495 e. The molecule has 0 aromatic heterocycles. The lowest BCUT2D eigenvalue weighted by Gasteiger charge is -2.35. The monoisotopic (exact) mass is 494 g/mol. The molecule has 2 heterocycles. The van der Waals surface area contributed by atoms with Crippen LogP contribution in [-0.2, 0) is 24.4 Å². The summed E-state index contributed by atoms with van der Waals surface area (Å²) < 4.78 is 22.4. The van der Waals surface area contributed by atoms with Crippen molar-refractivity contribution in [3.63, 3.8) is 0 Å². The molecule has 0 radical (unpaired) electrons. The first-order valence-electron chi connectivity index (χ1n) is 12.8. The quantitative estimate of drug-likeness (QED) is 0.185. The fourth-order valence-electron chi connectivity index (χ4n) is 5.00. The molecule has 0 N–H and O–H groups in total. The minimum atomic E-state index is -0.594. The van der Waals surface area contributed by atoms with Crippen LogP contribution in [0, 0.1) is 0 Å². The van der Waals surface area contributed by atoms with E-state index in [0.717, 1.165) is 35.9 Å². The van der Waals surface area contributed by atoms with Gasteiger partial charge >= 0.3 is 0 Å². The molecule has 37 heavy (non-hydrogen) atoms. The summed E-state index contributed by atoms with van der Waals surface area (Å²) in [7, 11) is 0. The molecular weight excluding hydrogens is 460 g/mol. The van der Waals surface area contributed by atoms with Crippen LogP contribution in [0.25, 0.3) is 11.1 Å². The molecule has 0 bridgehead atoms. The Labute approximate surface area is 219 Å². The summed E-state index contributed by atoms with van der Waals surface area (Å²) in [5.74, 6) is 1.67. The first kappa shape index (κ1) is 25.1. The fraction of sp³-hybridized carbons (Fsp3) is 0.273. The van der Waals surface area contributed by atoms with Gasteiger partial charge in [-0.25, -0.2) is 0 Å². The average molecular weight is 495 g/mol. The van der Waals surface area contributed by atoms with E-state index >= 15 is 0 Å². The molecule has 2 unspecified atom stereocenters. The van der Waals surface area contributed by atoms with Crippen LogP contribution >= 0.6 is 0 Å². The van der Waals surface area contributed by atoms with Crippen molar-refractivity contribution in [1.82, 2.24) is 0 Å². The summed E-state index contributed by atoms with van der Waals surface area (Å²) in [4.78, 5) is 0. The fourth-order valence-corrected chi connectivity index (χ4v) is 5.00. The Morgan fingerprint density at radius 1 is 0.757 bits per heavy atom. The zero-order chi connectivity index (χ0) is 25.8. The van der Waals surface area contributed by atoms with Gasteiger partial charge in [-0.05, 0) is 59.4 Å². The highest BCUT2D eigenvalue weighted by Crippen LogP contribution is 2.57. The molecule has 2 aliphatic heterocycles. The molecule has 5 rings (SSSR count). The molecule has 4 heteroatoms. The molecule has 190 valence electrons. The molecule has 0 amide bonds. The van der Waals surface area contributed by atoms with Crippen LogP contribution in [0.4, 0.5) is 0 Å². The number of epoxide rings is 2. The second-order valence-electron chi connectivity index (χ2n) is 9.58. The van der Waals surface area contributed by atoms with E-state index in [2.05, 4.69) is 73.8 Å². The minimum absolute atomic E-state index is 0.213. The SMILES string of the molecule is C=C/C(=C\C=C(/C)OCC1CO1)C1(/C(C=C)=C/C=C(\C)OCC2CO2)c2ccccc2-c2ccccc21. The van der Waals surface area contributed by atoms with Gasteiger partial charge in [0.25, 0.3) is 0 Å². The molecule has 2 atom stereocenters. The van der Waals surface area contributed by atoms with Gasteiger partial charge in [0, 0.05) is 0 Å². The van der Waals surface area contributed by atoms with E-state index in [9.17, 15) is 0 Å². The molecular formula is C33H34O4. The zero-order valence-corrected chi connectivity index (χ0v) is 21.6. The van der Waals surface area contributed by atoms with E-state index in [4.69, 9.17) is 18.9 Å². The number of hydrogen-bond acceptors (Lipinski definition) is 4. The highest BCUT2D eigenvalue weighted by molar-refractivity contribution is 5.87. The molecule has 1 aliphatic carbocycles. The maximum absolute atomic E-state index is 5.90. The van der Waals surface area contributed by atoms with Gasteiger partial charge in [0.2, 0.25) is 0 Å². The smallest absolute Gasteiger partial charge is 0.116 e. The first-order chi connectivity index (χ1) is 18.1. The second-order valence-corrected chi connectivity index (χ2v) is 9.58. The summed E-state index contributed by atoms with van der Waals surface area (Å²) in [6, 6.07) is 17.2. The zero-order valence-electron chi connectivity index (χ0n) is 21.6. The third-order valence-electron chi connectivity index (χ3n) is 7.05. The van der Waals surface area contributed by atoms with Crippen LogP contribution in [0.15, 0.2) is 121 Å². The van der Waals surface area contributed by atoms with E-state index in [1.165, 1.54) is 22.3 Å². The Morgan fingerprint density at radius 3 is 1.54 bits per heavy atom. The summed E-state index contributed by atoms with van der Waals surface area (Å²) in [5, 5.41) is 0. The molecule has 4 nitrogen and oxygen atoms in total. The third-order valence-corrected chi connectivity index (χ3v) is 7.05. The number of allylic oxidation sites excluding steroid dienone is 10. The molecule has 2 aromatic carbocycles. The standard InChI is InChI=1S/C33H34O4/c1-5-25(17-15-23(3)34-19-27-21-36-27)33(26(6-2)18-16-24(4)35-20-28-22-37-28)31-13-9-7-11-29(31)30-12-8-10-14-32(30)33/h5-18,27-28H,1-2,19-22H2,3-4H3/b23-15+,24-16+,25-17+,26-18+. The van der Waals surface area contributed by atoms with E-state index in [0.29, 0.717) is 13.2 Å². The summed E-state index contributed by atoms with van der Waals surface area (Å²) in [5.41, 5.74) is 6.31. The first-order valence-corrected chi connectivity index (χ1v) is 12.8. The molecule has 0 saturated carbocycles. The summed E-state index contributed by atoms with van der Waals surface area (Å²) >= 11 is 0. The van der Waals surface area contributed by atoms with Gasteiger partial charge in [-0.1, -0.05) is 86.0 Å². The van der Waals surface area contributed by atoms with Crippen LogP contribution in [0.2, 0.25) is 0 Å². The van der Waals surface area contributed by atoms with Crippen molar-refractivity contribution >= 4 is 0 Å². The van der Waals surface area contributed by atoms with Gasteiger partial charge in [-0.15, -0.1) is 0 Å². The van der Waals surface area contributed by atoms with Crippen molar-refractivity contribution in [3.8, 4) is 11.1 Å². The lowest BCUT2D eigenvalue weighted by atomic mass is 9.66. The van der Waals surface area contributed by atoms with E-state index in [1.54, 1.807) is 0 Å². The molecule has 2 aromatic rings. The van der Waals surface area contributed by atoms with Crippen molar-refractivity contribution in [1.29, 1.82) is 0 Å². The van der Waals surface area contributed by atoms with E-state index < -0.39 is 5.41 Å². The Balaban J connectivity index is 1.64. The number of ether oxygens (including phenoxy) is 4. The van der Waals surface area contributed by atoms with Gasteiger partial charge in [0.1, 0.15) is 25.4 Å². The Kier molecular flexibility index (Phi) is 7.31. The van der Waals surface area contributed by atoms with Crippen molar-refractivity contribution in [3.05, 3.63) is 132 Å². The van der Waals surface area contributed by atoms with Gasteiger partial charge in [0.05, 0.1) is 30.1 Å².